The molecule has 2 aromatic rings. The summed E-state index contributed by atoms with van der Waals surface area (Å²) in [4.78, 5) is 7.26. The number of guanidine groups is 1. The van der Waals surface area contributed by atoms with Crippen molar-refractivity contribution in [3.8, 4) is 0 Å². The molecular formula is C24H35IN4O2S. The van der Waals surface area contributed by atoms with Crippen molar-refractivity contribution in [1.29, 1.82) is 0 Å². The van der Waals surface area contributed by atoms with Crippen molar-refractivity contribution in [2.45, 2.75) is 43.2 Å². The first-order valence-electron chi connectivity index (χ1n) is 10.9. The number of hydrogen-bond acceptors (Lipinski definition) is 4. The van der Waals surface area contributed by atoms with Gasteiger partial charge in [-0.25, -0.2) is 8.42 Å². The van der Waals surface area contributed by atoms with E-state index in [1.807, 2.05) is 12.1 Å². The fourth-order valence-electron chi connectivity index (χ4n) is 3.99. The van der Waals surface area contributed by atoms with Gasteiger partial charge < -0.3 is 10.6 Å². The molecule has 1 atom stereocenters. The Morgan fingerprint density at radius 1 is 1.09 bits per heavy atom. The monoisotopic (exact) mass is 570 g/mol. The summed E-state index contributed by atoms with van der Waals surface area (Å²) in [5.41, 5.74) is 2.47. The minimum Gasteiger partial charge on any atom is -0.356 e. The van der Waals surface area contributed by atoms with Crippen LogP contribution >= 0.6 is 24.0 Å². The Kier molecular flexibility index (Phi) is 10.4. The molecule has 2 aromatic carbocycles. The van der Waals surface area contributed by atoms with E-state index in [1.165, 1.54) is 11.8 Å². The van der Waals surface area contributed by atoms with Gasteiger partial charge in [-0.3, -0.25) is 9.89 Å². The summed E-state index contributed by atoms with van der Waals surface area (Å²) in [6.45, 7) is 5.16. The van der Waals surface area contributed by atoms with E-state index in [9.17, 15) is 8.42 Å². The summed E-state index contributed by atoms with van der Waals surface area (Å²) in [5, 5.41) is 6.93. The topological polar surface area (TPSA) is 73.8 Å². The Morgan fingerprint density at radius 2 is 1.72 bits per heavy atom. The van der Waals surface area contributed by atoms with Gasteiger partial charge in [-0.15, -0.1) is 24.0 Å². The van der Waals surface area contributed by atoms with E-state index < -0.39 is 9.84 Å². The van der Waals surface area contributed by atoms with Gasteiger partial charge in [0.2, 0.25) is 0 Å². The van der Waals surface area contributed by atoms with Gasteiger partial charge in [0.1, 0.15) is 0 Å². The lowest BCUT2D eigenvalue weighted by atomic mass is 10.0. The fourth-order valence-corrected chi connectivity index (χ4v) is 4.62. The minimum atomic E-state index is -3.15. The Bertz CT molecular complexity index is 957. The summed E-state index contributed by atoms with van der Waals surface area (Å²) in [6.07, 6.45) is 4.21. The van der Waals surface area contributed by atoms with Crippen molar-refractivity contribution in [1.82, 2.24) is 15.5 Å². The Hall–Kier alpha value is -1.65. The van der Waals surface area contributed by atoms with E-state index in [0.29, 0.717) is 17.0 Å². The summed E-state index contributed by atoms with van der Waals surface area (Å²) < 4.78 is 23.1. The first-order valence-corrected chi connectivity index (χ1v) is 12.8. The van der Waals surface area contributed by atoms with Crippen LogP contribution in [0.3, 0.4) is 0 Å². The Labute approximate surface area is 209 Å². The van der Waals surface area contributed by atoms with Gasteiger partial charge in [0.25, 0.3) is 0 Å². The highest BCUT2D eigenvalue weighted by Crippen LogP contribution is 2.24. The van der Waals surface area contributed by atoms with E-state index >= 15 is 0 Å². The van der Waals surface area contributed by atoms with Gasteiger partial charge in [0.05, 0.1) is 4.90 Å². The standard InChI is InChI=1S/C24H34N4O2S.HI/c1-19(21-7-5-4-6-8-21)28-17-14-22(15-18-28)27-24(25-2)26-16-13-20-9-11-23(12-10-20)31(3,29)30;/h4-12,19,22H,13-18H2,1-3H3,(H2,25,26,27);1H. The van der Waals surface area contributed by atoms with Crippen LogP contribution in [0.1, 0.15) is 36.9 Å². The lowest BCUT2D eigenvalue weighted by molar-refractivity contribution is 0.158. The average Bonchev–Trinajstić information content (AvgIpc) is 2.78. The molecule has 0 bridgehead atoms. The second kappa shape index (κ2) is 12.6. The summed E-state index contributed by atoms with van der Waals surface area (Å²) in [7, 11) is -1.35. The molecule has 0 aromatic heterocycles. The molecule has 176 valence electrons. The maximum absolute atomic E-state index is 11.6. The summed E-state index contributed by atoms with van der Waals surface area (Å²) in [6, 6.07) is 18.6. The SMILES string of the molecule is CN=C(NCCc1ccc(S(C)(=O)=O)cc1)NC1CCN(C(C)c2ccccc2)CC1.I. The van der Waals surface area contributed by atoms with Gasteiger partial charge in [0.15, 0.2) is 15.8 Å². The van der Waals surface area contributed by atoms with Gasteiger partial charge in [0, 0.05) is 45.0 Å². The fraction of sp³-hybridized carbons (Fsp3) is 0.458. The van der Waals surface area contributed by atoms with E-state index in [0.717, 1.165) is 50.4 Å². The summed E-state index contributed by atoms with van der Waals surface area (Å²) >= 11 is 0. The predicted molar refractivity (Wildman–Crippen MR) is 143 cm³/mol. The highest BCUT2D eigenvalue weighted by Gasteiger charge is 2.23. The number of piperidine rings is 1. The van der Waals surface area contributed by atoms with Crippen LogP contribution in [-0.4, -0.2) is 58.3 Å². The van der Waals surface area contributed by atoms with Crippen LogP contribution in [0.5, 0.6) is 0 Å². The second-order valence-electron chi connectivity index (χ2n) is 8.21. The second-order valence-corrected chi connectivity index (χ2v) is 10.2. The average molecular weight is 571 g/mol. The third-order valence-corrected chi connectivity index (χ3v) is 7.11. The maximum atomic E-state index is 11.6. The number of sulfone groups is 1. The number of likely N-dealkylation sites (tertiary alicyclic amines) is 1. The molecule has 0 aliphatic carbocycles. The van der Waals surface area contributed by atoms with Crippen LogP contribution in [-0.2, 0) is 16.3 Å². The van der Waals surface area contributed by atoms with E-state index in [2.05, 4.69) is 57.8 Å². The van der Waals surface area contributed by atoms with Crippen molar-refractivity contribution < 1.29 is 8.42 Å². The van der Waals surface area contributed by atoms with Crippen LogP contribution in [0.4, 0.5) is 0 Å². The lowest BCUT2D eigenvalue weighted by Crippen LogP contribution is -2.49. The molecule has 6 nitrogen and oxygen atoms in total. The Balaban J connectivity index is 0.00000363. The molecule has 1 aliphatic rings. The number of aliphatic imine (C=N–C) groups is 1. The van der Waals surface area contributed by atoms with Crippen molar-refractivity contribution >= 4 is 39.8 Å². The third kappa shape index (κ3) is 7.74. The number of hydrogen-bond donors (Lipinski definition) is 2. The van der Waals surface area contributed by atoms with Crippen LogP contribution in [0.15, 0.2) is 64.5 Å². The molecule has 0 amide bonds. The summed E-state index contributed by atoms with van der Waals surface area (Å²) in [5.74, 6) is 0.822. The van der Waals surface area contributed by atoms with Crippen LogP contribution in [0, 0.1) is 0 Å². The molecule has 1 heterocycles. The zero-order chi connectivity index (χ0) is 22.3. The highest BCUT2D eigenvalue weighted by molar-refractivity contribution is 14.0. The molecule has 0 radical (unpaired) electrons. The first-order chi connectivity index (χ1) is 14.9. The molecule has 2 N–H and O–H groups in total. The quantitative estimate of drug-likeness (QED) is 0.302. The normalized spacial score (nSPS) is 16.8. The van der Waals surface area contributed by atoms with Gasteiger partial charge in [-0.1, -0.05) is 42.5 Å². The van der Waals surface area contributed by atoms with E-state index in [-0.39, 0.29) is 24.0 Å². The minimum absolute atomic E-state index is 0. The zero-order valence-corrected chi connectivity index (χ0v) is 22.3. The molecule has 1 unspecified atom stereocenters. The van der Waals surface area contributed by atoms with Gasteiger partial charge in [-0.05, 0) is 49.4 Å². The number of halogens is 1. The number of nitrogens with one attached hydrogen (secondary N) is 2. The van der Waals surface area contributed by atoms with Crippen LogP contribution in [0.2, 0.25) is 0 Å². The molecule has 1 aliphatic heterocycles. The zero-order valence-electron chi connectivity index (χ0n) is 19.1. The molecular weight excluding hydrogens is 535 g/mol. The molecule has 32 heavy (non-hydrogen) atoms. The Morgan fingerprint density at radius 3 is 2.28 bits per heavy atom. The first kappa shape index (κ1) is 26.6. The van der Waals surface area contributed by atoms with E-state index in [4.69, 9.17) is 0 Å². The van der Waals surface area contributed by atoms with Crippen molar-refractivity contribution in [2.24, 2.45) is 4.99 Å². The highest BCUT2D eigenvalue weighted by atomic mass is 127. The predicted octanol–water partition coefficient (Wildman–Crippen LogP) is 3.64. The molecule has 1 fully saturated rings. The lowest BCUT2D eigenvalue weighted by Gasteiger charge is -2.37. The van der Waals surface area contributed by atoms with Gasteiger partial charge in [-0.2, -0.15) is 0 Å². The van der Waals surface area contributed by atoms with Crippen LogP contribution < -0.4 is 10.6 Å². The van der Waals surface area contributed by atoms with E-state index in [1.54, 1.807) is 19.2 Å². The number of benzene rings is 2. The van der Waals surface area contributed by atoms with Crippen molar-refractivity contribution in [3.05, 3.63) is 65.7 Å². The molecule has 1 saturated heterocycles. The van der Waals surface area contributed by atoms with Gasteiger partial charge >= 0.3 is 0 Å². The smallest absolute Gasteiger partial charge is 0.191 e. The van der Waals surface area contributed by atoms with Crippen LogP contribution in [0.25, 0.3) is 0 Å². The largest absolute Gasteiger partial charge is 0.356 e. The maximum Gasteiger partial charge on any atom is 0.191 e. The van der Waals surface area contributed by atoms with Crippen molar-refractivity contribution in [3.63, 3.8) is 0 Å². The number of nitrogens with zero attached hydrogens (tertiary/aromatic N) is 2. The molecule has 0 saturated carbocycles. The molecule has 8 heteroatoms. The van der Waals surface area contributed by atoms with Crippen molar-refractivity contribution in [2.75, 3.05) is 32.9 Å². The number of rotatable bonds is 7. The molecule has 3 rings (SSSR count). The molecule has 0 spiro atoms. The third-order valence-electron chi connectivity index (χ3n) is 5.98.